The van der Waals surface area contributed by atoms with Gasteiger partial charge in [0.2, 0.25) is 10.0 Å². The van der Waals surface area contributed by atoms with E-state index in [1.165, 1.54) is 26.2 Å². The molecule has 8 nitrogen and oxygen atoms in total. The molecule has 9 heteroatoms. The molecular formula is C17H23N3O5S. The zero-order valence-electron chi connectivity index (χ0n) is 15.5. The van der Waals surface area contributed by atoms with Crippen LogP contribution in [0.25, 0.3) is 0 Å². The summed E-state index contributed by atoms with van der Waals surface area (Å²) in [7, 11) is -0.867. The molecular weight excluding hydrogens is 358 g/mol. The highest BCUT2D eigenvalue weighted by molar-refractivity contribution is 7.89. The number of aromatic nitrogens is 1. The van der Waals surface area contributed by atoms with Gasteiger partial charge < -0.3 is 14.6 Å². The lowest BCUT2D eigenvalue weighted by Gasteiger charge is -2.16. The van der Waals surface area contributed by atoms with E-state index in [-0.39, 0.29) is 10.6 Å². The number of carbonyl (C=O) groups excluding carboxylic acids is 1. The van der Waals surface area contributed by atoms with Gasteiger partial charge in [0.05, 0.1) is 12.3 Å². The SMILES string of the molecule is CCOc1ccc(NC(=O)c2c(CC)noc2C)cc1S(=O)(=O)N(C)C. The van der Waals surface area contributed by atoms with Crippen LogP contribution in [0, 0.1) is 6.92 Å². The zero-order valence-corrected chi connectivity index (χ0v) is 16.3. The minimum Gasteiger partial charge on any atom is -0.492 e. The van der Waals surface area contributed by atoms with Crippen LogP contribution < -0.4 is 10.1 Å². The van der Waals surface area contributed by atoms with E-state index < -0.39 is 15.9 Å². The van der Waals surface area contributed by atoms with E-state index in [0.29, 0.717) is 35.7 Å². The Morgan fingerprint density at radius 2 is 2.00 bits per heavy atom. The van der Waals surface area contributed by atoms with Gasteiger partial charge in [-0.05, 0) is 38.5 Å². The average Bonchev–Trinajstić information content (AvgIpc) is 2.97. The monoisotopic (exact) mass is 381 g/mol. The number of amides is 1. The van der Waals surface area contributed by atoms with Gasteiger partial charge in [-0.3, -0.25) is 4.79 Å². The Morgan fingerprint density at radius 1 is 1.31 bits per heavy atom. The van der Waals surface area contributed by atoms with E-state index in [4.69, 9.17) is 9.26 Å². The number of hydrogen-bond donors (Lipinski definition) is 1. The number of hydrogen-bond acceptors (Lipinski definition) is 6. The van der Waals surface area contributed by atoms with Gasteiger partial charge in [-0.2, -0.15) is 0 Å². The zero-order chi connectivity index (χ0) is 19.5. The molecule has 0 radical (unpaired) electrons. The maximum absolute atomic E-state index is 12.6. The van der Waals surface area contributed by atoms with Gasteiger partial charge >= 0.3 is 0 Å². The first-order valence-corrected chi connectivity index (χ1v) is 9.62. The highest BCUT2D eigenvalue weighted by Crippen LogP contribution is 2.29. The summed E-state index contributed by atoms with van der Waals surface area (Å²) in [5, 5.41) is 6.56. The lowest BCUT2D eigenvalue weighted by atomic mass is 10.1. The second-order valence-electron chi connectivity index (χ2n) is 5.75. The van der Waals surface area contributed by atoms with Gasteiger partial charge in [-0.25, -0.2) is 12.7 Å². The number of benzene rings is 1. The number of aryl methyl sites for hydroxylation is 2. The molecule has 142 valence electrons. The summed E-state index contributed by atoms with van der Waals surface area (Å²) in [5.74, 6) is 0.235. The highest BCUT2D eigenvalue weighted by Gasteiger charge is 2.24. The Morgan fingerprint density at radius 3 is 2.58 bits per heavy atom. The number of rotatable bonds is 7. The van der Waals surface area contributed by atoms with Crippen LogP contribution in [0.2, 0.25) is 0 Å². The largest absolute Gasteiger partial charge is 0.492 e. The second-order valence-corrected chi connectivity index (χ2v) is 7.87. The number of nitrogens with zero attached hydrogens (tertiary/aromatic N) is 2. The molecule has 0 aliphatic carbocycles. The number of carbonyl (C=O) groups is 1. The third kappa shape index (κ3) is 3.88. The van der Waals surface area contributed by atoms with Crippen molar-refractivity contribution >= 4 is 21.6 Å². The molecule has 0 atom stereocenters. The molecule has 0 saturated carbocycles. The van der Waals surface area contributed by atoms with Crippen molar-refractivity contribution in [2.75, 3.05) is 26.0 Å². The van der Waals surface area contributed by atoms with Crippen molar-refractivity contribution < 1.29 is 22.5 Å². The van der Waals surface area contributed by atoms with Crippen molar-refractivity contribution in [3.63, 3.8) is 0 Å². The van der Waals surface area contributed by atoms with Crippen molar-refractivity contribution in [2.45, 2.75) is 32.1 Å². The molecule has 0 spiro atoms. The predicted molar refractivity (Wildman–Crippen MR) is 97.1 cm³/mol. The number of ether oxygens (including phenoxy) is 1. The van der Waals surface area contributed by atoms with Crippen molar-refractivity contribution in [3.05, 3.63) is 35.2 Å². The fourth-order valence-electron chi connectivity index (χ4n) is 2.40. The summed E-state index contributed by atoms with van der Waals surface area (Å²) in [6.07, 6.45) is 0.545. The lowest BCUT2D eigenvalue weighted by molar-refractivity contribution is 0.102. The van der Waals surface area contributed by atoms with Crippen LogP contribution in [0.4, 0.5) is 5.69 Å². The van der Waals surface area contributed by atoms with Crippen molar-refractivity contribution in [1.29, 1.82) is 0 Å². The van der Waals surface area contributed by atoms with E-state index in [2.05, 4.69) is 10.5 Å². The molecule has 1 aromatic carbocycles. The van der Waals surface area contributed by atoms with E-state index in [1.807, 2.05) is 6.92 Å². The molecule has 0 saturated heterocycles. The topological polar surface area (TPSA) is 102 Å². The van der Waals surface area contributed by atoms with E-state index in [1.54, 1.807) is 19.9 Å². The van der Waals surface area contributed by atoms with Crippen LogP contribution in [0.1, 0.15) is 35.7 Å². The molecule has 0 aliphatic rings. The Hall–Kier alpha value is -2.39. The first kappa shape index (κ1) is 19.9. The lowest BCUT2D eigenvalue weighted by Crippen LogP contribution is -2.23. The summed E-state index contributed by atoms with van der Waals surface area (Å²) in [6, 6.07) is 4.50. The molecule has 2 aromatic rings. The quantitative estimate of drug-likeness (QED) is 0.790. The number of sulfonamides is 1. The van der Waals surface area contributed by atoms with E-state index in [0.717, 1.165) is 4.31 Å². The molecule has 0 fully saturated rings. The molecule has 2 rings (SSSR count). The Kier molecular flexibility index (Phi) is 6.04. The van der Waals surface area contributed by atoms with Crippen LogP contribution in [0.15, 0.2) is 27.6 Å². The van der Waals surface area contributed by atoms with Crippen molar-refractivity contribution in [1.82, 2.24) is 9.46 Å². The first-order chi connectivity index (χ1) is 12.2. The molecule has 1 N–H and O–H groups in total. The molecule has 1 amide bonds. The van der Waals surface area contributed by atoms with Crippen molar-refractivity contribution in [3.8, 4) is 5.75 Å². The second kappa shape index (κ2) is 7.88. The third-order valence-corrected chi connectivity index (χ3v) is 5.59. The molecule has 0 aliphatic heterocycles. The Bertz CT molecular complexity index is 903. The van der Waals surface area contributed by atoms with Crippen molar-refractivity contribution in [2.24, 2.45) is 0 Å². The van der Waals surface area contributed by atoms with Crippen LogP contribution in [-0.2, 0) is 16.4 Å². The molecule has 0 unspecified atom stereocenters. The third-order valence-electron chi connectivity index (χ3n) is 3.76. The fraction of sp³-hybridized carbons (Fsp3) is 0.412. The van der Waals surface area contributed by atoms with Gasteiger partial charge in [0, 0.05) is 19.8 Å². The van der Waals surface area contributed by atoms with Gasteiger partial charge in [0.15, 0.2) is 0 Å². The Labute approximate surface area is 153 Å². The normalized spacial score (nSPS) is 11.6. The van der Waals surface area contributed by atoms with Gasteiger partial charge in [0.25, 0.3) is 5.91 Å². The van der Waals surface area contributed by atoms with Crippen LogP contribution in [0.5, 0.6) is 5.75 Å². The minimum atomic E-state index is -3.74. The number of anilines is 1. The maximum atomic E-state index is 12.6. The standard InChI is InChI=1S/C17H23N3O5S/c1-6-13-16(11(3)25-19-13)17(21)18-12-8-9-14(24-7-2)15(10-12)26(22,23)20(4)5/h8-10H,6-7H2,1-5H3,(H,18,21). The van der Waals surface area contributed by atoms with E-state index in [9.17, 15) is 13.2 Å². The smallest absolute Gasteiger partial charge is 0.261 e. The molecule has 1 heterocycles. The highest BCUT2D eigenvalue weighted by atomic mass is 32.2. The molecule has 0 bridgehead atoms. The molecule has 26 heavy (non-hydrogen) atoms. The first-order valence-electron chi connectivity index (χ1n) is 8.18. The molecule has 1 aromatic heterocycles. The maximum Gasteiger partial charge on any atom is 0.261 e. The van der Waals surface area contributed by atoms with Gasteiger partial charge in [-0.15, -0.1) is 0 Å². The summed E-state index contributed by atoms with van der Waals surface area (Å²) in [4.78, 5) is 12.6. The summed E-state index contributed by atoms with van der Waals surface area (Å²) >= 11 is 0. The summed E-state index contributed by atoms with van der Waals surface area (Å²) in [5.41, 5.74) is 1.24. The summed E-state index contributed by atoms with van der Waals surface area (Å²) < 4.78 is 36.7. The average molecular weight is 381 g/mol. The Balaban J connectivity index is 2.42. The van der Waals surface area contributed by atoms with Crippen LogP contribution in [0.3, 0.4) is 0 Å². The summed E-state index contributed by atoms with van der Waals surface area (Å²) in [6.45, 7) is 5.61. The van der Waals surface area contributed by atoms with Crippen LogP contribution >= 0.6 is 0 Å². The van der Waals surface area contributed by atoms with E-state index >= 15 is 0 Å². The minimum absolute atomic E-state index is 0.0140. The predicted octanol–water partition coefficient (Wildman–Crippen LogP) is 2.45. The van der Waals surface area contributed by atoms with Gasteiger partial charge in [-0.1, -0.05) is 12.1 Å². The number of nitrogens with one attached hydrogen (secondary N) is 1. The van der Waals surface area contributed by atoms with Gasteiger partial charge in [0.1, 0.15) is 22.0 Å². The fourth-order valence-corrected chi connectivity index (χ4v) is 3.45. The van der Waals surface area contributed by atoms with Crippen LogP contribution in [-0.4, -0.2) is 44.5 Å².